The van der Waals surface area contributed by atoms with E-state index in [0.29, 0.717) is 19.6 Å². The van der Waals surface area contributed by atoms with Crippen molar-refractivity contribution in [3.8, 4) is 0 Å². The van der Waals surface area contributed by atoms with Crippen molar-refractivity contribution in [1.82, 2.24) is 10.6 Å². The fraction of sp³-hybridized carbons (Fsp3) is 0.550. The van der Waals surface area contributed by atoms with Gasteiger partial charge in [0.05, 0.1) is 12.6 Å². The molecule has 0 aliphatic carbocycles. The van der Waals surface area contributed by atoms with Gasteiger partial charge in [0.1, 0.15) is 6.61 Å². The molecule has 0 spiro atoms. The number of carbonyl (C=O) groups excluding carboxylic acids is 2. The minimum Gasteiger partial charge on any atom is -0.450 e. The summed E-state index contributed by atoms with van der Waals surface area (Å²) in [5, 5.41) is 12.8. The van der Waals surface area contributed by atoms with Gasteiger partial charge in [0.2, 0.25) is 0 Å². The molecular weight excluding hydrogens is 374 g/mol. The molecule has 2 amide bonds. The van der Waals surface area contributed by atoms with E-state index in [2.05, 4.69) is 30.3 Å². The van der Waals surface area contributed by atoms with Gasteiger partial charge >= 0.3 is 12.2 Å². The lowest BCUT2D eigenvalue weighted by molar-refractivity contribution is 0.138. The molecule has 1 rings (SSSR count). The number of hydrogen-bond donors (Lipinski definition) is 3. The smallest absolute Gasteiger partial charge is 0.407 e. The summed E-state index contributed by atoms with van der Waals surface area (Å²) in [6.07, 6.45) is 2.38. The molecule has 0 fully saturated rings. The average Bonchev–Trinajstić information content (AvgIpc) is 2.65. The third kappa shape index (κ3) is 12.1. The fourth-order valence-electron chi connectivity index (χ4n) is 2.29. The molecule has 8 heteroatoms. The number of benzene rings is 1. The average molecular weight is 408 g/mol. The number of hydrogen-bond acceptors (Lipinski definition) is 5. The van der Waals surface area contributed by atoms with Crippen molar-refractivity contribution in [2.75, 3.05) is 13.2 Å². The van der Waals surface area contributed by atoms with E-state index in [-0.39, 0.29) is 18.7 Å². The molecule has 1 atom stereocenters. The molecule has 156 valence electrons. The number of carbonyl (C=O) groups is 2. The zero-order valence-corrected chi connectivity index (χ0v) is 18.1. The first-order valence-corrected chi connectivity index (χ1v) is 13.4. The Morgan fingerprint density at radius 2 is 1.82 bits per heavy atom. The molecule has 0 aliphatic heterocycles. The Morgan fingerprint density at radius 3 is 2.46 bits per heavy atom. The summed E-state index contributed by atoms with van der Waals surface area (Å²) < 4.78 is 10.3. The van der Waals surface area contributed by atoms with E-state index in [1.165, 1.54) is 6.21 Å². The first-order chi connectivity index (χ1) is 13.3. The molecule has 0 aliphatic rings. The minimum absolute atomic E-state index is 0.196. The lowest BCUT2D eigenvalue weighted by atomic mass is 10.1. The SMILES string of the molecule is C[Si](C)(C)CCOC(=O)NCCCCC(C=N)NC(=O)OCc1ccccc1. The Balaban J connectivity index is 2.11. The molecule has 0 radical (unpaired) electrons. The molecule has 28 heavy (non-hydrogen) atoms. The van der Waals surface area contributed by atoms with Gasteiger partial charge in [0.25, 0.3) is 0 Å². The lowest BCUT2D eigenvalue weighted by Gasteiger charge is -2.16. The Kier molecular flexibility index (Phi) is 10.9. The maximum Gasteiger partial charge on any atom is 0.407 e. The number of ether oxygens (including phenoxy) is 2. The molecule has 7 nitrogen and oxygen atoms in total. The van der Waals surface area contributed by atoms with Crippen LogP contribution in [0.25, 0.3) is 0 Å². The predicted molar refractivity (Wildman–Crippen MR) is 114 cm³/mol. The van der Waals surface area contributed by atoms with Gasteiger partial charge in [-0.15, -0.1) is 0 Å². The molecule has 1 aromatic rings. The summed E-state index contributed by atoms with van der Waals surface area (Å²) in [4.78, 5) is 23.4. The van der Waals surface area contributed by atoms with E-state index in [9.17, 15) is 9.59 Å². The van der Waals surface area contributed by atoms with Crippen LogP contribution in [0.15, 0.2) is 30.3 Å². The topological polar surface area (TPSA) is 101 Å². The zero-order chi connectivity index (χ0) is 20.8. The van der Waals surface area contributed by atoms with Gasteiger partial charge in [-0.2, -0.15) is 0 Å². The van der Waals surface area contributed by atoms with Crippen LogP contribution in [0.2, 0.25) is 25.7 Å². The van der Waals surface area contributed by atoms with E-state index in [1.54, 1.807) is 0 Å². The number of rotatable bonds is 12. The van der Waals surface area contributed by atoms with Crippen LogP contribution in [0.3, 0.4) is 0 Å². The summed E-state index contributed by atoms with van der Waals surface area (Å²) in [7, 11) is -1.19. The summed E-state index contributed by atoms with van der Waals surface area (Å²) in [6.45, 7) is 7.88. The highest BCUT2D eigenvalue weighted by atomic mass is 28.3. The Bertz CT molecular complexity index is 605. The fourth-order valence-corrected chi connectivity index (χ4v) is 3.01. The highest BCUT2D eigenvalue weighted by Crippen LogP contribution is 2.07. The summed E-state index contributed by atoms with van der Waals surface area (Å²) in [6, 6.07) is 9.99. The van der Waals surface area contributed by atoms with Crippen LogP contribution in [0, 0.1) is 5.41 Å². The van der Waals surface area contributed by atoms with Gasteiger partial charge in [-0.25, -0.2) is 9.59 Å². The number of alkyl carbamates (subject to hydrolysis) is 2. The van der Waals surface area contributed by atoms with Gasteiger partial charge in [0, 0.05) is 20.8 Å². The lowest BCUT2D eigenvalue weighted by Crippen LogP contribution is -2.36. The van der Waals surface area contributed by atoms with E-state index >= 15 is 0 Å². The summed E-state index contributed by atoms with van der Waals surface area (Å²) >= 11 is 0. The van der Waals surface area contributed by atoms with Gasteiger partial charge in [-0.3, -0.25) is 0 Å². The first kappa shape index (κ1) is 23.7. The second-order valence-electron chi connectivity index (χ2n) is 7.85. The van der Waals surface area contributed by atoms with Crippen molar-refractivity contribution in [3.05, 3.63) is 35.9 Å². The van der Waals surface area contributed by atoms with E-state index in [0.717, 1.165) is 24.4 Å². The van der Waals surface area contributed by atoms with Crippen LogP contribution in [0.5, 0.6) is 0 Å². The van der Waals surface area contributed by atoms with Crippen LogP contribution >= 0.6 is 0 Å². The van der Waals surface area contributed by atoms with Crippen molar-refractivity contribution in [3.63, 3.8) is 0 Å². The van der Waals surface area contributed by atoms with Gasteiger partial charge in [-0.05, 0) is 30.9 Å². The van der Waals surface area contributed by atoms with E-state index in [4.69, 9.17) is 14.9 Å². The van der Waals surface area contributed by atoms with E-state index in [1.807, 2.05) is 30.3 Å². The first-order valence-electron chi connectivity index (χ1n) is 9.68. The highest BCUT2D eigenvalue weighted by Gasteiger charge is 2.14. The molecule has 0 heterocycles. The molecule has 0 bridgehead atoms. The second kappa shape index (κ2) is 12.9. The Hall–Kier alpha value is -2.35. The third-order valence-electron chi connectivity index (χ3n) is 4.01. The van der Waals surface area contributed by atoms with Crippen LogP contribution < -0.4 is 10.6 Å². The summed E-state index contributed by atoms with van der Waals surface area (Å²) in [5.74, 6) is 0. The number of amides is 2. The van der Waals surface area contributed by atoms with E-state index < -0.39 is 14.2 Å². The molecule has 0 aromatic heterocycles. The quantitative estimate of drug-likeness (QED) is 0.275. The van der Waals surface area contributed by atoms with Crippen molar-refractivity contribution in [2.24, 2.45) is 0 Å². The van der Waals surface area contributed by atoms with Crippen molar-refractivity contribution in [2.45, 2.75) is 57.6 Å². The normalized spacial score (nSPS) is 12.0. The van der Waals surface area contributed by atoms with Crippen LogP contribution in [-0.2, 0) is 16.1 Å². The van der Waals surface area contributed by atoms with Crippen molar-refractivity contribution >= 4 is 26.5 Å². The standard InChI is InChI=1S/C20H33N3O4Si/c1-28(2,3)14-13-26-19(24)22-12-8-7-11-18(15-21)23-20(25)27-16-17-9-5-4-6-10-17/h4-6,9-10,15,18,21H,7-8,11-14,16H2,1-3H3,(H,22,24)(H,23,25). The molecule has 3 N–H and O–H groups in total. The molecular formula is C20H33N3O4Si. The molecule has 0 saturated carbocycles. The monoisotopic (exact) mass is 407 g/mol. The largest absolute Gasteiger partial charge is 0.450 e. The molecule has 0 saturated heterocycles. The van der Waals surface area contributed by atoms with Crippen molar-refractivity contribution < 1.29 is 19.1 Å². The number of unbranched alkanes of at least 4 members (excludes halogenated alkanes) is 1. The number of nitrogens with one attached hydrogen (secondary N) is 3. The van der Waals surface area contributed by atoms with Crippen LogP contribution in [0.1, 0.15) is 24.8 Å². The molecule has 1 aromatic carbocycles. The minimum atomic E-state index is -1.19. The highest BCUT2D eigenvalue weighted by molar-refractivity contribution is 6.76. The van der Waals surface area contributed by atoms with Crippen molar-refractivity contribution in [1.29, 1.82) is 5.41 Å². The van der Waals surface area contributed by atoms with Gasteiger partial charge in [-0.1, -0.05) is 50.0 Å². The van der Waals surface area contributed by atoms with Gasteiger partial charge < -0.3 is 25.5 Å². The molecule has 1 unspecified atom stereocenters. The van der Waals surface area contributed by atoms with Crippen LogP contribution in [0.4, 0.5) is 9.59 Å². The Labute approximate surface area is 168 Å². The second-order valence-corrected chi connectivity index (χ2v) is 13.5. The summed E-state index contributed by atoms with van der Waals surface area (Å²) in [5.41, 5.74) is 0.909. The zero-order valence-electron chi connectivity index (χ0n) is 17.1. The van der Waals surface area contributed by atoms with Crippen LogP contribution in [-0.4, -0.2) is 45.7 Å². The predicted octanol–water partition coefficient (Wildman–Crippen LogP) is 4.17. The maximum atomic E-state index is 11.8. The maximum absolute atomic E-state index is 11.8. The Morgan fingerprint density at radius 1 is 1.11 bits per heavy atom. The van der Waals surface area contributed by atoms with Gasteiger partial charge in [0.15, 0.2) is 0 Å². The third-order valence-corrected chi connectivity index (χ3v) is 5.72.